The quantitative estimate of drug-likeness (QED) is 0.862. The van der Waals surface area contributed by atoms with Crippen molar-refractivity contribution >= 4 is 21.4 Å². The third kappa shape index (κ3) is 2.94. The van der Waals surface area contributed by atoms with Crippen LogP contribution in [0.15, 0.2) is 46.0 Å². The smallest absolute Gasteiger partial charge is 0.252 e. The van der Waals surface area contributed by atoms with E-state index in [1.807, 2.05) is 7.05 Å². The lowest BCUT2D eigenvalue weighted by atomic mass is 10.0. The average Bonchev–Trinajstić information content (AvgIpc) is 3.03. The second-order valence-electron chi connectivity index (χ2n) is 5.34. The zero-order valence-corrected chi connectivity index (χ0v) is 13.8. The Morgan fingerprint density at radius 3 is 2.55 bits per heavy atom. The van der Waals surface area contributed by atoms with Gasteiger partial charge in [-0.15, -0.1) is 11.3 Å². The molecule has 0 radical (unpaired) electrons. The summed E-state index contributed by atoms with van der Waals surface area (Å²) in [6.07, 6.45) is 0. The van der Waals surface area contributed by atoms with E-state index in [2.05, 4.69) is 4.90 Å². The van der Waals surface area contributed by atoms with Gasteiger partial charge in [-0.05, 0) is 36.2 Å². The number of nitrogens with zero attached hydrogens (tertiary/aromatic N) is 2. The van der Waals surface area contributed by atoms with Crippen LogP contribution in [0.4, 0.5) is 4.39 Å². The number of halogens is 1. The normalized spacial score (nSPS) is 21.1. The number of piperazine rings is 1. The van der Waals surface area contributed by atoms with E-state index in [9.17, 15) is 12.8 Å². The van der Waals surface area contributed by atoms with Gasteiger partial charge in [0.25, 0.3) is 10.0 Å². The molecule has 4 nitrogen and oxygen atoms in total. The monoisotopic (exact) mass is 340 g/mol. The van der Waals surface area contributed by atoms with Gasteiger partial charge in [0.05, 0.1) is 0 Å². The molecule has 0 spiro atoms. The van der Waals surface area contributed by atoms with Crippen LogP contribution in [0.3, 0.4) is 0 Å². The molecule has 1 aliphatic heterocycles. The van der Waals surface area contributed by atoms with Crippen LogP contribution in [0, 0.1) is 5.82 Å². The molecular weight excluding hydrogens is 323 g/mol. The Labute approximate surface area is 133 Å². The predicted octanol–water partition coefficient (Wildman–Crippen LogP) is 2.56. The van der Waals surface area contributed by atoms with E-state index in [0.717, 1.165) is 5.56 Å². The molecule has 1 atom stereocenters. The van der Waals surface area contributed by atoms with Crippen molar-refractivity contribution in [3.63, 3.8) is 0 Å². The van der Waals surface area contributed by atoms with Crippen molar-refractivity contribution in [1.82, 2.24) is 9.21 Å². The lowest BCUT2D eigenvalue weighted by Gasteiger charge is -2.38. The highest BCUT2D eigenvalue weighted by atomic mass is 32.2. The van der Waals surface area contributed by atoms with Gasteiger partial charge in [0, 0.05) is 25.7 Å². The molecule has 1 saturated heterocycles. The summed E-state index contributed by atoms with van der Waals surface area (Å²) in [6, 6.07) is 9.57. The van der Waals surface area contributed by atoms with Gasteiger partial charge in [0.2, 0.25) is 0 Å². The molecule has 2 aromatic rings. The summed E-state index contributed by atoms with van der Waals surface area (Å²) in [4.78, 5) is 2.10. The van der Waals surface area contributed by atoms with E-state index in [1.165, 1.54) is 27.8 Å². The predicted molar refractivity (Wildman–Crippen MR) is 84.8 cm³/mol. The first-order valence-corrected chi connectivity index (χ1v) is 9.30. The van der Waals surface area contributed by atoms with Crippen molar-refractivity contribution in [3.8, 4) is 0 Å². The van der Waals surface area contributed by atoms with Gasteiger partial charge in [-0.25, -0.2) is 12.8 Å². The molecule has 0 amide bonds. The van der Waals surface area contributed by atoms with Crippen molar-refractivity contribution in [1.29, 1.82) is 0 Å². The number of benzene rings is 1. The molecule has 1 aliphatic rings. The Morgan fingerprint density at radius 1 is 1.18 bits per heavy atom. The molecule has 3 rings (SSSR count). The SMILES string of the molecule is CN1CCN(S(=O)(=O)c2cccs2)C[C@H]1c1ccc(F)cc1. The first-order chi connectivity index (χ1) is 10.5. The molecular formula is C15H17FN2O2S2. The fraction of sp³-hybridized carbons (Fsp3) is 0.333. The fourth-order valence-electron chi connectivity index (χ4n) is 2.65. The largest absolute Gasteiger partial charge is 0.297 e. The number of rotatable bonds is 3. The maximum atomic E-state index is 13.1. The van der Waals surface area contributed by atoms with Crippen LogP contribution < -0.4 is 0 Å². The third-order valence-corrected chi connectivity index (χ3v) is 7.19. The van der Waals surface area contributed by atoms with E-state index >= 15 is 0 Å². The Bertz CT molecular complexity index is 729. The molecule has 1 aromatic carbocycles. The standard InChI is InChI=1S/C15H17FN2O2S2/c1-17-8-9-18(22(19,20)15-3-2-10-21-15)11-14(17)12-4-6-13(16)7-5-12/h2-7,10,14H,8-9,11H2,1H3/t14-/m0/s1. The Balaban J connectivity index is 1.86. The first-order valence-electron chi connectivity index (χ1n) is 6.98. The van der Waals surface area contributed by atoms with E-state index in [1.54, 1.807) is 29.6 Å². The van der Waals surface area contributed by atoms with E-state index < -0.39 is 10.0 Å². The number of hydrogen-bond acceptors (Lipinski definition) is 4. The van der Waals surface area contributed by atoms with E-state index in [-0.39, 0.29) is 11.9 Å². The minimum absolute atomic E-state index is 0.0657. The third-order valence-electron chi connectivity index (χ3n) is 3.95. The molecule has 0 aliphatic carbocycles. The Kier molecular flexibility index (Phi) is 4.31. The summed E-state index contributed by atoms with van der Waals surface area (Å²) < 4.78 is 40.3. The molecule has 118 valence electrons. The number of likely N-dealkylation sites (N-methyl/N-ethyl adjacent to an activating group) is 1. The Morgan fingerprint density at radius 2 is 1.91 bits per heavy atom. The van der Waals surface area contributed by atoms with Crippen LogP contribution >= 0.6 is 11.3 Å². The van der Waals surface area contributed by atoms with Gasteiger partial charge in [0.1, 0.15) is 10.0 Å². The van der Waals surface area contributed by atoms with Gasteiger partial charge in [-0.1, -0.05) is 18.2 Å². The van der Waals surface area contributed by atoms with E-state index in [4.69, 9.17) is 0 Å². The zero-order valence-electron chi connectivity index (χ0n) is 12.1. The summed E-state index contributed by atoms with van der Waals surface area (Å²) in [6.45, 7) is 1.49. The van der Waals surface area contributed by atoms with Crippen molar-refractivity contribution in [2.45, 2.75) is 10.3 Å². The summed E-state index contributed by atoms with van der Waals surface area (Å²) in [7, 11) is -1.48. The highest BCUT2D eigenvalue weighted by Gasteiger charge is 2.33. The molecule has 0 bridgehead atoms. The molecule has 0 N–H and O–H groups in total. The summed E-state index contributed by atoms with van der Waals surface area (Å²) >= 11 is 1.23. The van der Waals surface area contributed by atoms with Gasteiger partial charge in [-0.3, -0.25) is 4.90 Å². The molecule has 0 saturated carbocycles. The molecule has 7 heteroatoms. The van der Waals surface area contributed by atoms with Gasteiger partial charge in [0.15, 0.2) is 0 Å². The lowest BCUT2D eigenvalue weighted by molar-refractivity contribution is 0.148. The van der Waals surface area contributed by atoms with Gasteiger partial charge in [-0.2, -0.15) is 4.31 Å². The van der Waals surface area contributed by atoms with Crippen LogP contribution in [0.1, 0.15) is 11.6 Å². The zero-order chi connectivity index (χ0) is 15.7. The maximum absolute atomic E-state index is 13.1. The number of hydrogen-bond donors (Lipinski definition) is 0. The van der Waals surface area contributed by atoms with Crippen molar-refractivity contribution in [2.75, 3.05) is 26.7 Å². The second kappa shape index (κ2) is 6.08. The van der Waals surface area contributed by atoms with E-state index in [0.29, 0.717) is 23.8 Å². The maximum Gasteiger partial charge on any atom is 0.252 e. The number of sulfonamides is 1. The second-order valence-corrected chi connectivity index (χ2v) is 8.46. The molecule has 1 fully saturated rings. The van der Waals surface area contributed by atoms with Crippen LogP contribution in [0.5, 0.6) is 0 Å². The Hall–Kier alpha value is -1.28. The van der Waals surface area contributed by atoms with Crippen LogP contribution in [0.25, 0.3) is 0 Å². The average molecular weight is 340 g/mol. The van der Waals surface area contributed by atoms with Crippen molar-refractivity contribution < 1.29 is 12.8 Å². The first kappa shape index (κ1) is 15.6. The minimum atomic E-state index is -3.44. The highest BCUT2D eigenvalue weighted by molar-refractivity contribution is 7.91. The summed E-state index contributed by atoms with van der Waals surface area (Å²) in [5, 5.41) is 1.76. The van der Waals surface area contributed by atoms with Gasteiger partial charge < -0.3 is 0 Å². The van der Waals surface area contributed by atoms with Gasteiger partial charge >= 0.3 is 0 Å². The van der Waals surface area contributed by atoms with Crippen molar-refractivity contribution in [3.05, 3.63) is 53.2 Å². The van der Waals surface area contributed by atoms with Crippen LogP contribution in [-0.2, 0) is 10.0 Å². The molecule has 2 heterocycles. The van der Waals surface area contributed by atoms with Crippen LogP contribution in [-0.4, -0.2) is 44.3 Å². The highest BCUT2D eigenvalue weighted by Crippen LogP contribution is 2.29. The van der Waals surface area contributed by atoms with Crippen molar-refractivity contribution in [2.24, 2.45) is 0 Å². The molecule has 1 aromatic heterocycles. The molecule has 0 unspecified atom stereocenters. The fourth-order valence-corrected chi connectivity index (χ4v) is 5.23. The lowest BCUT2D eigenvalue weighted by Crippen LogP contribution is -2.48. The molecule has 22 heavy (non-hydrogen) atoms. The number of thiophene rings is 1. The summed E-state index contributed by atoms with van der Waals surface area (Å²) in [5.41, 5.74) is 0.926. The topological polar surface area (TPSA) is 40.6 Å². The van der Waals surface area contributed by atoms with Crippen LogP contribution in [0.2, 0.25) is 0 Å². The minimum Gasteiger partial charge on any atom is -0.297 e. The summed E-state index contributed by atoms with van der Waals surface area (Å²) in [5.74, 6) is -0.287.